The number of nitrogens with zero attached hydrogens (tertiary/aromatic N) is 4. The quantitative estimate of drug-likeness (QED) is 0.167. The molecule has 182 valence electrons. The molecule has 3 heterocycles. The predicted molar refractivity (Wildman–Crippen MR) is 146 cm³/mol. The lowest BCUT2D eigenvalue weighted by Gasteiger charge is -2.30. The molecule has 7 nitrogen and oxygen atoms in total. The molecule has 36 heavy (non-hydrogen) atoms. The van der Waals surface area contributed by atoms with Crippen LogP contribution in [0.3, 0.4) is 0 Å². The van der Waals surface area contributed by atoms with Crippen molar-refractivity contribution in [1.29, 1.82) is 0 Å². The molecule has 4 aromatic rings. The molecule has 0 bridgehead atoms. The van der Waals surface area contributed by atoms with Gasteiger partial charge in [0.05, 0.1) is 16.7 Å². The van der Waals surface area contributed by atoms with E-state index in [0.29, 0.717) is 11.2 Å². The molecule has 1 saturated heterocycles. The van der Waals surface area contributed by atoms with E-state index in [2.05, 4.69) is 76.2 Å². The van der Waals surface area contributed by atoms with Crippen LogP contribution in [-0.4, -0.2) is 19.6 Å². The average molecular weight is 516 g/mol. The van der Waals surface area contributed by atoms with E-state index >= 15 is 0 Å². The predicted octanol–water partition coefficient (Wildman–Crippen LogP) is 6.70. The van der Waals surface area contributed by atoms with Gasteiger partial charge in [0, 0.05) is 51.7 Å². The van der Waals surface area contributed by atoms with Crippen molar-refractivity contribution in [3.63, 3.8) is 0 Å². The van der Waals surface area contributed by atoms with E-state index in [1.807, 2.05) is 24.4 Å². The minimum atomic E-state index is -0.388. The number of nitrogens with one attached hydrogen (secondary N) is 1. The van der Waals surface area contributed by atoms with Crippen molar-refractivity contribution < 1.29 is 4.92 Å². The van der Waals surface area contributed by atoms with Crippen LogP contribution < -0.4 is 10.2 Å². The van der Waals surface area contributed by atoms with Crippen LogP contribution in [0.2, 0.25) is 0 Å². The zero-order chi connectivity index (χ0) is 25.2. The first-order valence-electron chi connectivity index (χ1n) is 11.6. The van der Waals surface area contributed by atoms with Gasteiger partial charge in [-0.05, 0) is 86.7 Å². The van der Waals surface area contributed by atoms with E-state index in [9.17, 15) is 10.1 Å². The lowest BCUT2D eigenvalue weighted by atomic mass is 10.0. The highest BCUT2D eigenvalue weighted by molar-refractivity contribution is 7.99. The number of nitro groups is 1. The summed E-state index contributed by atoms with van der Waals surface area (Å²) in [6.07, 6.45) is 3.92. The summed E-state index contributed by atoms with van der Waals surface area (Å²) < 4.78 is 2.28. The topological polar surface area (TPSA) is 76.2 Å². The fourth-order valence-corrected chi connectivity index (χ4v) is 5.67. The van der Waals surface area contributed by atoms with Crippen LogP contribution in [0.25, 0.3) is 0 Å². The number of pyridine rings is 1. The minimum absolute atomic E-state index is 0.0713. The summed E-state index contributed by atoms with van der Waals surface area (Å²) in [6, 6.07) is 25.1. The van der Waals surface area contributed by atoms with Gasteiger partial charge >= 0.3 is 0 Å². The number of rotatable bonds is 7. The van der Waals surface area contributed by atoms with Crippen LogP contribution in [0.1, 0.15) is 43.4 Å². The lowest BCUT2D eigenvalue weighted by molar-refractivity contribution is -0.384. The van der Waals surface area contributed by atoms with Gasteiger partial charge in [-0.1, -0.05) is 17.8 Å². The van der Waals surface area contributed by atoms with Crippen LogP contribution in [0, 0.1) is 10.1 Å². The Labute approximate surface area is 219 Å². The van der Waals surface area contributed by atoms with Crippen molar-refractivity contribution in [2.45, 2.75) is 41.8 Å². The maximum Gasteiger partial charge on any atom is 0.269 e. The Morgan fingerprint density at radius 3 is 2.31 bits per heavy atom. The third-order valence-electron chi connectivity index (χ3n) is 6.17. The summed E-state index contributed by atoms with van der Waals surface area (Å²) in [7, 11) is 0. The molecule has 1 aliphatic rings. The molecule has 9 heteroatoms. The molecule has 1 N–H and O–H groups in total. The Balaban J connectivity index is 1.46. The highest BCUT2D eigenvalue weighted by atomic mass is 32.2. The third kappa shape index (κ3) is 4.72. The zero-order valence-electron chi connectivity index (χ0n) is 19.8. The summed E-state index contributed by atoms with van der Waals surface area (Å²) in [5, 5.41) is 15.1. The van der Waals surface area contributed by atoms with E-state index in [-0.39, 0.29) is 22.7 Å². The van der Waals surface area contributed by atoms with Crippen LogP contribution in [-0.2, 0) is 0 Å². The van der Waals surface area contributed by atoms with Crippen molar-refractivity contribution >= 4 is 40.5 Å². The van der Waals surface area contributed by atoms with Gasteiger partial charge in [0.1, 0.15) is 6.04 Å². The monoisotopic (exact) mass is 515 g/mol. The number of hydrogen-bond acceptors (Lipinski definition) is 5. The fraction of sp³-hybridized carbons (Fsp3) is 0.185. The first-order valence-corrected chi connectivity index (χ1v) is 12.8. The first kappa shape index (κ1) is 24.0. The van der Waals surface area contributed by atoms with Gasteiger partial charge in [-0.2, -0.15) is 0 Å². The molecule has 0 spiro atoms. The molecule has 0 unspecified atom stereocenters. The SMILES string of the molecule is CC(C)n1cccc1[C@@H]1[C@H](c2ccccn2)NC(=S)N1c1ccc(Sc2ccc([N+](=O)[O-])cc2)cc1. The summed E-state index contributed by atoms with van der Waals surface area (Å²) in [4.78, 5) is 19.3. The molecule has 2 aromatic heterocycles. The second kappa shape index (κ2) is 10.1. The first-order chi connectivity index (χ1) is 17.4. The average Bonchev–Trinajstić information content (AvgIpc) is 3.50. The molecule has 0 saturated carbocycles. The summed E-state index contributed by atoms with van der Waals surface area (Å²) in [5.74, 6) is 0. The van der Waals surface area contributed by atoms with E-state index < -0.39 is 0 Å². The highest BCUT2D eigenvalue weighted by Crippen LogP contribution is 2.42. The van der Waals surface area contributed by atoms with Gasteiger partial charge in [0.25, 0.3) is 5.69 Å². The number of anilines is 1. The molecule has 0 radical (unpaired) electrons. The number of nitro benzene ring substituents is 1. The van der Waals surface area contributed by atoms with Crippen molar-refractivity contribution in [2.24, 2.45) is 0 Å². The Kier molecular flexibility index (Phi) is 6.75. The van der Waals surface area contributed by atoms with E-state index in [1.54, 1.807) is 23.9 Å². The van der Waals surface area contributed by atoms with Crippen molar-refractivity contribution in [2.75, 3.05) is 4.90 Å². The van der Waals surface area contributed by atoms with Crippen LogP contribution in [0.5, 0.6) is 0 Å². The van der Waals surface area contributed by atoms with Gasteiger partial charge in [0.2, 0.25) is 0 Å². The molecular formula is C27H25N5O2S2. The van der Waals surface area contributed by atoms with Gasteiger partial charge < -0.3 is 14.8 Å². The fourth-order valence-electron chi connectivity index (χ4n) is 4.51. The molecule has 1 aliphatic heterocycles. The second-order valence-electron chi connectivity index (χ2n) is 8.78. The summed E-state index contributed by atoms with van der Waals surface area (Å²) in [5.41, 5.74) is 3.18. The standard InChI is InChI=1S/C27H25N5O2S2/c1-18(2)30-17-5-7-24(30)26-25(23-6-3-4-16-28-23)29-27(35)31(26)19-8-12-21(13-9-19)36-22-14-10-20(11-15-22)32(33)34/h3-18,25-26H,1-2H3,(H,29,35)/t25-,26+/m0/s1. The molecular weight excluding hydrogens is 490 g/mol. The molecule has 0 aliphatic carbocycles. The number of hydrogen-bond donors (Lipinski definition) is 1. The van der Waals surface area contributed by atoms with Gasteiger partial charge in [0.15, 0.2) is 5.11 Å². The van der Waals surface area contributed by atoms with Crippen LogP contribution in [0.15, 0.2) is 101 Å². The number of aromatic nitrogens is 2. The maximum atomic E-state index is 10.9. The molecule has 2 atom stereocenters. The second-order valence-corrected chi connectivity index (χ2v) is 10.3. The van der Waals surface area contributed by atoms with Gasteiger partial charge in [-0.25, -0.2) is 0 Å². The Morgan fingerprint density at radius 1 is 1.00 bits per heavy atom. The van der Waals surface area contributed by atoms with E-state index in [4.69, 9.17) is 12.2 Å². The maximum absolute atomic E-state index is 10.9. The summed E-state index contributed by atoms with van der Waals surface area (Å²) >= 11 is 7.41. The van der Waals surface area contributed by atoms with E-state index in [0.717, 1.165) is 26.9 Å². The van der Waals surface area contributed by atoms with Crippen molar-refractivity contribution in [3.8, 4) is 0 Å². The molecule has 5 rings (SSSR count). The lowest BCUT2D eigenvalue weighted by Crippen LogP contribution is -2.30. The van der Waals surface area contributed by atoms with Crippen molar-refractivity contribution in [3.05, 3.63) is 113 Å². The third-order valence-corrected chi connectivity index (χ3v) is 7.50. The largest absolute Gasteiger partial charge is 0.351 e. The molecule has 0 amide bonds. The Hall–Kier alpha value is -3.69. The van der Waals surface area contributed by atoms with Crippen molar-refractivity contribution in [1.82, 2.24) is 14.9 Å². The number of non-ortho nitro benzene ring substituents is 1. The van der Waals surface area contributed by atoms with Gasteiger partial charge in [-0.3, -0.25) is 15.1 Å². The molecule has 2 aromatic carbocycles. The number of thiocarbonyl (C=S) groups is 1. The van der Waals surface area contributed by atoms with Gasteiger partial charge in [-0.15, -0.1) is 0 Å². The molecule has 1 fully saturated rings. The minimum Gasteiger partial charge on any atom is -0.351 e. The van der Waals surface area contributed by atoms with E-state index in [1.165, 1.54) is 12.1 Å². The Morgan fingerprint density at radius 2 is 1.69 bits per heavy atom. The highest BCUT2D eigenvalue weighted by Gasteiger charge is 2.42. The van der Waals surface area contributed by atoms with Crippen LogP contribution in [0.4, 0.5) is 11.4 Å². The van der Waals surface area contributed by atoms with Crippen LogP contribution >= 0.6 is 24.0 Å². The normalized spacial score (nSPS) is 17.4. The number of benzene rings is 2. The Bertz CT molecular complexity index is 1370. The smallest absolute Gasteiger partial charge is 0.269 e. The summed E-state index contributed by atoms with van der Waals surface area (Å²) in [6.45, 7) is 4.35. The zero-order valence-corrected chi connectivity index (χ0v) is 21.4.